The third kappa shape index (κ3) is 2.08. The number of hydrogen-bond acceptors (Lipinski definition) is 3. The maximum absolute atomic E-state index is 12.0. The SMILES string of the molecule is CCC[C@H]1CC(=O)C2=C1CCCN2C(=O)OC. The molecule has 4 heteroatoms. The maximum Gasteiger partial charge on any atom is 0.414 e. The first-order valence-corrected chi connectivity index (χ1v) is 6.30. The van der Waals surface area contributed by atoms with Crippen LogP contribution in [0.3, 0.4) is 0 Å². The molecule has 0 bridgehead atoms. The van der Waals surface area contributed by atoms with Crippen molar-refractivity contribution in [3.8, 4) is 0 Å². The van der Waals surface area contributed by atoms with Crippen molar-refractivity contribution in [2.24, 2.45) is 5.92 Å². The topological polar surface area (TPSA) is 46.6 Å². The lowest BCUT2D eigenvalue weighted by Gasteiger charge is -2.28. The fourth-order valence-electron chi connectivity index (χ4n) is 2.92. The van der Waals surface area contributed by atoms with Crippen molar-refractivity contribution in [1.82, 2.24) is 4.90 Å². The lowest BCUT2D eigenvalue weighted by Crippen LogP contribution is -2.36. The molecular weight excluding hydrogens is 218 g/mol. The fraction of sp³-hybridized carbons (Fsp3) is 0.692. The minimum Gasteiger partial charge on any atom is -0.452 e. The number of methoxy groups -OCH3 is 1. The van der Waals surface area contributed by atoms with Gasteiger partial charge >= 0.3 is 6.09 Å². The molecule has 2 rings (SSSR count). The average Bonchev–Trinajstić information content (AvgIpc) is 2.66. The van der Waals surface area contributed by atoms with Crippen LogP contribution in [-0.4, -0.2) is 30.4 Å². The number of ketones is 1. The van der Waals surface area contributed by atoms with E-state index in [2.05, 4.69) is 6.92 Å². The Hall–Kier alpha value is -1.32. The van der Waals surface area contributed by atoms with Crippen molar-refractivity contribution in [1.29, 1.82) is 0 Å². The Labute approximate surface area is 102 Å². The second kappa shape index (κ2) is 4.90. The molecule has 1 heterocycles. The minimum atomic E-state index is -0.400. The Morgan fingerprint density at radius 2 is 2.29 bits per heavy atom. The van der Waals surface area contributed by atoms with Crippen molar-refractivity contribution in [2.45, 2.75) is 39.0 Å². The summed E-state index contributed by atoms with van der Waals surface area (Å²) in [6, 6.07) is 0. The summed E-state index contributed by atoms with van der Waals surface area (Å²) in [7, 11) is 1.36. The first-order valence-electron chi connectivity index (χ1n) is 6.30. The summed E-state index contributed by atoms with van der Waals surface area (Å²) in [5.41, 5.74) is 1.83. The van der Waals surface area contributed by atoms with Crippen LogP contribution in [-0.2, 0) is 9.53 Å². The standard InChI is InChI=1S/C13H19NO3/c1-3-5-9-8-11(15)12-10(9)6-4-7-14(12)13(16)17-2/h9H,3-8H2,1-2H3/t9-/m0/s1. The molecule has 0 N–H and O–H groups in total. The second-order valence-corrected chi connectivity index (χ2v) is 4.71. The van der Waals surface area contributed by atoms with Crippen LogP contribution in [0.5, 0.6) is 0 Å². The van der Waals surface area contributed by atoms with Gasteiger partial charge in [0.15, 0.2) is 5.78 Å². The summed E-state index contributed by atoms with van der Waals surface area (Å²) in [6.45, 7) is 2.74. The first kappa shape index (κ1) is 12.1. The Morgan fingerprint density at radius 1 is 1.53 bits per heavy atom. The fourth-order valence-corrected chi connectivity index (χ4v) is 2.92. The molecule has 1 aliphatic heterocycles. The number of rotatable bonds is 2. The number of carbonyl (C=O) groups is 2. The third-order valence-electron chi connectivity index (χ3n) is 3.62. The minimum absolute atomic E-state index is 0.114. The van der Waals surface area contributed by atoms with E-state index in [9.17, 15) is 9.59 Å². The van der Waals surface area contributed by atoms with Gasteiger partial charge < -0.3 is 4.74 Å². The van der Waals surface area contributed by atoms with Crippen LogP contribution in [0.25, 0.3) is 0 Å². The summed E-state index contributed by atoms with van der Waals surface area (Å²) in [5, 5.41) is 0. The van der Waals surface area contributed by atoms with E-state index in [1.165, 1.54) is 17.6 Å². The molecular formula is C13H19NO3. The molecule has 0 aromatic carbocycles. The molecule has 0 radical (unpaired) electrons. The maximum atomic E-state index is 12.0. The van der Waals surface area contributed by atoms with Crippen LogP contribution in [0.2, 0.25) is 0 Å². The number of ether oxygens (including phenoxy) is 1. The zero-order valence-corrected chi connectivity index (χ0v) is 10.5. The van der Waals surface area contributed by atoms with Crippen molar-refractivity contribution < 1.29 is 14.3 Å². The summed E-state index contributed by atoms with van der Waals surface area (Å²) < 4.78 is 4.74. The summed E-state index contributed by atoms with van der Waals surface area (Å²) in [5.74, 6) is 0.471. The quantitative estimate of drug-likeness (QED) is 0.741. The van der Waals surface area contributed by atoms with E-state index >= 15 is 0 Å². The van der Waals surface area contributed by atoms with E-state index in [1.807, 2.05) is 0 Å². The van der Waals surface area contributed by atoms with E-state index in [-0.39, 0.29) is 5.78 Å². The van der Waals surface area contributed by atoms with E-state index in [1.54, 1.807) is 0 Å². The lowest BCUT2D eigenvalue weighted by atomic mass is 9.91. The molecule has 1 aliphatic carbocycles. The van der Waals surface area contributed by atoms with Gasteiger partial charge in [-0.25, -0.2) is 4.79 Å². The van der Waals surface area contributed by atoms with Gasteiger partial charge in [-0.3, -0.25) is 9.69 Å². The normalized spacial score (nSPS) is 24.0. The predicted octanol–water partition coefficient (Wildman–Crippen LogP) is 2.49. The van der Waals surface area contributed by atoms with Gasteiger partial charge in [0.25, 0.3) is 0 Å². The molecule has 17 heavy (non-hydrogen) atoms. The predicted molar refractivity (Wildman–Crippen MR) is 63.4 cm³/mol. The van der Waals surface area contributed by atoms with Crippen molar-refractivity contribution >= 4 is 11.9 Å². The molecule has 0 saturated heterocycles. The van der Waals surface area contributed by atoms with Crippen LogP contribution < -0.4 is 0 Å². The van der Waals surface area contributed by atoms with Crippen molar-refractivity contribution in [3.63, 3.8) is 0 Å². The molecule has 0 unspecified atom stereocenters. The molecule has 1 atom stereocenters. The van der Waals surface area contributed by atoms with Gasteiger partial charge in [0.2, 0.25) is 0 Å². The summed E-state index contributed by atoms with van der Waals surface area (Å²) in [4.78, 5) is 25.2. The van der Waals surface area contributed by atoms with Gasteiger partial charge in [0, 0.05) is 13.0 Å². The monoisotopic (exact) mass is 237 g/mol. The smallest absolute Gasteiger partial charge is 0.414 e. The van der Waals surface area contributed by atoms with Gasteiger partial charge in [-0.2, -0.15) is 0 Å². The molecule has 0 aromatic heterocycles. The number of hydrogen-bond donors (Lipinski definition) is 0. The Morgan fingerprint density at radius 3 is 2.94 bits per heavy atom. The molecule has 0 aromatic rings. The summed E-state index contributed by atoms with van der Waals surface area (Å²) >= 11 is 0. The highest BCUT2D eigenvalue weighted by Gasteiger charge is 2.39. The van der Waals surface area contributed by atoms with Crippen LogP contribution in [0.15, 0.2) is 11.3 Å². The number of carbonyl (C=O) groups excluding carboxylic acids is 2. The zero-order chi connectivity index (χ0) is 12.4. The van der Waals surface area contributed by atoms with Gasteiger partial charge in [-0.05, 0) is 30.8 Å². The molecule has 0 spiro atoms. The lowest BCUT2D eigenvalue weighted by molar-refractivity contribution is -0.116. The number of Topliss-reactive ketones (excluding diaryl/α,β-unsaturated/α-hetero) is 1. The van der Waals surface area contributed by atoms with E-state index in [4.69, 9.17) is 4.74 Å². The number of amides is 1. The zero-order valence-electron chi connectivity index (χ0n) is 10.5. The first-order chi connectivity index (χ1) is 8.19. The molecule has 94 valence electrons. The highest BCUT2D eigenvalue weighted by atomic mass is 16.5. The highest BCUT2D eigenvalue weighted by molar-refractivity contribution is 6.01. The Kier molecular flexibility index (Phi) is 3.50. The molecule has 0 saturated carbocycles. The van der Waals surface area contributed by atoms with Gasteiger partial charge in [-0.1, -0.05) is 13.3 Å². The van der Waals surface area contributed by atoms with Crippen molar-refractivity contribution in [2.75, 3.05) is 13.7 Å². The number of nitrogens with zero attached hydrogens (tertiary/aromatic N) is 1. The van der Waals surface area contributed by atoms with Crippen molar-refractivity contribution in [3.05, 3.63) is 11.3 Å². The van der Waals surface area contributed by atoms with Gasteiger partial charge in [-0.15, -0.1) is 0 Å². The van der Waals surface area contributed by atoms with E-state index in [0.29, 0.717) is 24.6 Å². The largest absolute Gasteiger partial charge is 0.452 e. The van der Waals surface area contributed by atoms with Crippen LogP contribution in [0.1, 0.15) is 39.0 Å². The van der Waals surface area contributed by atoms with Crippen LogP contribution in [0.4, 0.5) is 4.79 Å². The van der Waals surface area contributed by atoms with Crippen LogP contribution in [0, 0.1) is 5.92 Å². The van der Waals surface area contributed by atoms with Gasteiger partial charge in [0.05, 0.1) is 12.8 Å². The second-order valence-electron chi connectivity index (χ2n) is 4.71. The Bertz CT molecular complexity index is 373. The molecule has 4 nitrogen and oxygen atoms in total. The number of allylic oxidation sites excluding steroid dienone is 2. The molecule has 1 amide bonds. The Balaban J connectivity index is 2.29. The molecule has 2 aliphatic rings. The average molecular weight is 237 g/mol. The van der Waals surface area contributed by atoms with E-state index < -0.39 is 6.09 Å². The van der Waals surface area contributed by atoms with Crippen LogP contribution >= 0.6 is 0 Å². The third-order valence-corrected chi connectivity index (χ3v) is 3.62. The highest BCUT2D eigenvalue weighted by Crippen LogP contribution is 2.39. The summed E-state index contributed by atoms with van der Waals surface area (Å²) in [6.07, 6.45) is 4.18. The molecule has 0 fully saturated rings. The van der Waals surface area contributed by atoms with E-state index in [0.717, 1.165) is 25.7 Å². The van der Waals surface area contributed by atoms with Gasteiger partial charge in [0.1, 0.15) is 0 Å².